The van der Waals surface area contributed by atoms with E-state index >= 15 is 0 Å². The average molecular weight is 196 g/mol. The molecule has 0 amide bonds. The molecule has 0 aromatic rings. The van der Waals surface area contributed by atoms with Gasteiger partial charge in [0.2, 0.25) is 0 Å². The monoisotopic (exact) mass is 196 g/mol. The van der Waals surface area contributed by atoms with Gasteiger partial charge in [0.25, 0.3) is 0 Å². The Kier molecular flexibility index (Phi) is 3.45. The molecular weight excluding hydrogens is 172 g/mol. The smallest absolute Gasteiger partial charge is 0.0600 e. The lowest BCUT2D eigenvalue weighted by Gasteiger charge is -2.38. The van der Waals surface area contributed by atoms with Gasteiger partial charge in [-0.15, -0.1) is 0 Å². The maximum absolute atomic E-state index is 3.64. The number of nitrogens with one attached hydrogen (secondary N) is 2. The van der Waals surface area contributed by atoms with E-state index in [1.807, 2.05) is 0 Å². The molecule has 2 heteroatoms. The van der Waals surface area contributed by atoms with Gasteiger partial charge in [-0.05, 0) is 30.6 Å². The van der Waals surface area contributed by atoms with E-state index in [1.54, 1.807) is 0 Å². The van der Waals surface area contributed by atoms with Crippen LogP contribution in [0, 0.1) is 17.8 Å². The maximum atomic E-state index is 3.64. The third-order valence-corrected chi connectivity index (χ3v) is 3.90. The molecule has 1 aliphatic heterocycles. The Morgan fingerprint density at radius 1 is 0.786 bits per heavy atom. The molecule has 1 saturated carbocycles. The second-order valence-electron chi connectivity index (χ2n) is 5.42. The third-order valence-electron chi connectivity index (χ3n) is 3.90. The fourth-order valence-corrected chi connectivity index (χ4v) is 2.75. The van der Waals surface area contributed by atoms with Crippen LogP contribution in [0.25, 0.3) is 0 Å². The molecule has 1 heterocycles. The van der Waals surface area contributed by atoms with Gasteiger partial charge in [0.1, 0.15) is 0 Å². The van der Waals surface area contributed by atoms with Gasteiger partial charge in [-0.1, -0.05) is 26.7 Å². The van der Waals surface area contributed by atoms with Gasteiger partial charge in [-0.2, -0.15) is 0 Å². The highest BCUT2D eigenvalue weighted by molar-refractivity contribution is 4.83. The summed E-state index contributed by atoms with van der Waals surface area (Å²) < 4.78 is 0. The summed E-state index contributed by atoms with van der Waals surface area (Å²) in [5.74, 6) is 2.65. The summed E-state index contributed by atoms with van der Waals surface area (Å²) in [5, 5.41) is 7.28. The molecular formula is C12H24N2. The normalized spacial score (nSPS) is 45.0. The quantitative estimate of drug-likeness (QED) is 0.670. The van der Waals surface area contributed by atoms with Gasteiger partial charge in [0, 0.05) is 13.1 Å². The van der Waals surface area contributed by atoms with Crippen molar-refractivity contribution >= 4 is 0 Å². The Bertz CT molecular complexity index is 145. The molecule has 14 heavy (non-hydrogen) atoms. The molecule has 1 aliphatic carbocycles. The Hall–Kier alpha value is -0.0800. The lowest BCUT2D eigenvalue weighted by atomic mass is 9.81. The van der Waals surface area contributed by atoms with E-state index in [0.29, 0.717) is 6.17 Å². The highest BCUT2D eigenvalue weighted by Gasteiger charge is 2.27. The predicted octanol–water partition coefficient (Wildman–Crippen LogP) is 1.97. The zero-order valence-electron chi connectivity index (χ0n) is 9.55. The summed E-state index contributed by atoms with van der Waals surface area (Å²) >= 11 is 0. The molecule has 0 radical (unpaired) electrons. The van der Waals surface area contributed by atoms with E-state index in [0.717, 1.165) is 17.8 Å². The van der Waals surface area contributed by atoms with Crippen molar-refractivity contribution in [1.82, 2.24) is 10.6 Å². The van der Waals surface area contributed by atoms with Gasteiger partial charge in [0.05, 0.1) is 6.17 Å². The van der Waals surface area contributed by atoms with Crippen LogP contribution in [0.15, 0.2) is 0 Å². The third kappa shape index (κ3) is 2.48. The summed E-state index contributed by atoms with van der Waals surface area (Å²) in [6.45, 7) is 7.09. The number of rotatable bonds is 1. The largest absolute Gasteiger partial charge is 0.301 e. The molecule has 82 valence electrons. The van der Waals surface area contributed by atoms with Crippen LogP contribution in [-0.4, -0.2) is 19.3 Å². The topological polar surface area (TPSA) is 24.1 Å². The van der Waals surface area contributed by atoms with Crippen LogP contribution < -0.4 is 10.6 Å². The zero-order valence-corrected chi connectivity index (χ0v) is 9.55. The standard InChI is InChI=1S/C12H24N2/c1-9-3-5-11(6-4-9)12-13-7-10(2)8-14-12/h9-14H,3-8H2,1-2H3. The lowest BCUT2D eigenvalue weighted by molar-refractivity contribution is 0.173. The fraction of sp³-hybridized carbons (Fsp3) is 1.00. The highest BCUT2D eigenvalue weighted by Crippen LogP contribution is 2.30. The van der Waals surface area contributed by atoms with E-state index in [1.165, 1.54) is 38.8 Å². The first-order valence-electron chi connectivity index (χ1n) is 6.22. The van der Waals surface area contributed by atoms with Gasteiger partial charge in [-0.25, -0.2) is 0 Å². The Labute approximate surface area is 87.8 Å². The van der Waals surface area contributed by atoms with Crippen molar-refractivity contribution in [1.29, 1.82) is 0 Å². The summed E-state index contributed by atoms with van der Waals surface area (Å²) in [6, 6.07) is 0. The molecule has 0 spiro atoms. The van der Waals surface area contributed by atoms with Gasteiger partial charge in [-0.3, -0.25) is 0 Å². The molecule has 1 saturated heterocycles. The van der Waals surface area contributed by atoms with E-state index in [-0.39, 0.29) is 0 Å². The Morgan fingerprint density at radius 2 is 1.36 bits per heavy atom. The number of hydrogen-bond donors (Lipinski definition) is 2. The molecule has 2 nitrogen and oxygen atoms in total. The van der Waals surface area contributed by atoms with Crippen LogP contribution >= 0.6 is 0 Å². The Balaban J connectivity index is 1.78. The number of hydrogen-bond acceptors (Lipinski definition) is 2. The van der Waals surface area contributed by atoms with Crippen LogP contribution in [0.5, 0.6) is 0 Å². The summed E-state index contributed by atoms with van der Waals surface area (Å²) in [4.78, 5) is 0. The maximum Gasteiger partial charge on any atom is 0.0600 e. The van der Waals surface area contributed by atoms with E-state index in [9.17, 15) is 0 Å². The van der Waals surface area contributed by atoms with Crippen molar-refractivity contribution < 1.29 is 0 Å². The van der Waals surface area contributed by atoms with Gasteiger partial charge >= 0.3 is 0 Å². The SMILES string of the molecule is CC1CCC(C2NCC(C)CN2)CC1. The second-order valence-corrected chi connectivity index (χ2v) is 5.42. The highest BCUT2D eigenvalue weighted by atomic mass is 15.2. The molecule has 0 atom stereocenters. The Morgan fingerprint density at radius 3 is 1.93 bits per heavy atom. The van der Waals surface area contributed by atoms with Crippen molar-refractivity contribution in [2.75, 3.05) is 13.1 Å². The minimum absolute atomic E-state index is 0.610. The van der Waals surface area contributed by atoms with Crippen LogP contribution in [0.1, 0.15) is 39.5 Å². The fourth-order valence-electron chi connectivity index (χ4n) is 2.75. The van der Waals surface area contributed by atoms with E-state index in [2.05, 4.69) is 24.5 Å². The van der Waals surface area contributed by atoms with Crippen molar-refractivity contribution in [3.63, 3.8) is 0 Å². The van der Waals surface area contributed by atoms with Crippen molar-refractivity contribution in [2.45, 2.75) is 45.7 Å². The summed E-state index contributed by atoms with van der Waals surface area (Å²) in [7, 11) is 0. The average Bonchev–Trinajstić information content (AvgIpc) is 2.21. The molecule has 2 rings (SSSR count). The summed E-state index contributed by atoms with van der Waals surface area (Å²) in [5.41, 5.74) is 0. The molecule has 0 aromatic carbocycles. The molecule has 2 fully saturated rings. The minimum Gasteiger partial charge on any atom is -0.301 e. The first kappa shape index (κ1) is 10.4. The van der Waals surface area contributed by atoms with Crippen LogP contribution in [-0.2, 0) is 0 Å². The van der Waals surface area contributed by atoms with Crippen LogP contribution in [0.4, 0.5) is 0 Å². The molecule has 2 N–H and O–H groups in total. The first-order valence-corrected chi connectivity index (χ1v) is 6.22. The van der Waals surface area contributed by atoms with Gasteiger partial charge < -0.3 is 10.6 Å². The lowest BCUT2D eigenvalue weighted by Crippen LogP contribution is -2.56. The van der Waals surface area contributed by atoms with E-state index in [4.69, 9.17) is 0 Å². The van der Waals surface area contributed by atoms with E-state index < -0.39 is 0 Å². The van der Waals surface area contributed by atoms with Gasteiger partial charge in [0.15, 0.2) is 0 Å². The molecule has 2 aliphatic rings. The van der Waals surface area contributed by atoms with Crippen LogP contribution in [0.3, 0.4) is 0 Å². The molecule has 0 bridgehead atoms. The molecule has 0 aromatic heterocycles. The predicted molar refractivity (Wildman–Crippen MR) is 60.1 cm³/mol. The van der Waals surface area contributed by atoms with Crippen LogP contribution in [0.2, 0.25) is 0 Å². The summed E-state index contributed by atoms with van der Waals surface area (Å²) in [6.07, 6.45) is 6.30. The molecule has 0 unspecified atom stereocenters. The zero-order chi connectivity index (χ0) is 9.97. The van der Waals surface area contributed by atoms with Crippen molar-refractivity contribution in [2.24, 2.45) is 17.8 Å². The first-order chi connectivity index (χ1) is 6.75. The van der Waals surface area contributed by atoms with Crippen molar-refractivity contribution in [3.05, 3.63) is 0 Å². The minimum atomic E-state index is 0.610. The second kappa shape index (κ2) is 4.63. The van der Waals surface area contributed by atoms with Crippen molar-refractivity contribution in [3.8, 4) is 0 Å².